The summed E-state index contributed by atoms with van der Waals surface area (Å²) >= 11 is 0. The van der Waals surface area contributed by atoms with E-state index in [1.165, 1.54) is 6.08 Å². The van der Waals surface area contributed by atoms with Gasteiger partial charge in [0.2, 0.25) is 0 Å². The van der Waals surface area contributed by atoms with Crippen molar-refractivity contribution in [2.45, 2.75) is 12.8 Å². The van der Waals surface area contributed by atoms with Gasteiger partial charge in [-0.25, -0.2) is 0 Å². The van der Waals surface area contributed by atoms with Gasteiger partial charge in [-0.1, -0.05) is 12.2 Å². The fourth-order valence-electron chi connectivity index (χ4n) is 1.51. The lowest BCUT2D eigenvalue weighted by atomic mass is 9.71. The van der Waals surface area contributed by atoms with E-state index in [9.17, 15) is 4.79 Å². The van der Waals surface area contributed by atoms with Crippen LogP contribution in [0.25, 0.3) is 0 Å². The van der Waals surface area contributed by atoms with Crippen LogP contribution in [0.2, 0.25) is 0 Å². The Morgan fingerprint density at radius 1 is 1.40 bits per heavy atom. The first-order valence-electron chi connectivity index (χ1n) is 3.36. The molecule has 1 spiro atoms. The largest absolute Gasteiger partial charge is 0.511 e. The van der Waals surface area contributed by atoms with Crippen LogP contribution < -0.4 is 0 Å². The smallest absolute Gasteiger partial charge is 0.173 e. The second kappa shape index (κ2) is 1.51. The fourth-order valence-corrected chi connectivity index (χ4v) is 1.51. The van der Waals surface area contributed by atoms with Crippen molar-refractivity contribution in [2.24, 2.45) is 5.41 Å². The van der Waals surface area contributed by atoms with Crippen LogP contribution in [0.4, 0.5) is 0 Å². The quantitative estimate of drug-likeness (QED) is 0.510. The third kappa shape index (κ3) is 0.429. The van der Waals surface area contributed by atoms with Gasteiger partial charge < -0.3 is 5.11 Å². The summed E-state index contributed by atoms with van der Waals surface area (Å²) in [5.74, 6) is 0.345. The van der Waals surface area contributed by atoms with Crippen molar-refractivity contribution < 1.29 is 9.90 Å². The van der Waals surface area contributed by atoms with Gasteiger partial charge in [-0.05, 0) is 12.8 Å². The molecule has 0 amide bonds. The molecule has 2 nitrogen and oxygen atoms in total. The highest BCUT2D eigenvalue weighted by Gasteiger charge is 2.48. The molecular formula is C8H8O2. The van der Waals surface area contributed by atoms with Crippen LogP contribution in [0, 0.1) is 5.41 Å². The average Bonchev–Trinajstić information content (AvgIpc) is 2.37. The minimum atomic E-state index is -0.500. The summed E-state index contributed by atoms with van der Waals surface area (Å²) in [5, 5.41) is 9.17. The second-order valence-electron chi connectivity index (χ2n) is 2.86. The monoisotopic (exact) mass is 136 g/mol. The lowest BCUT2D eigenvalue weighted by molar-refractivity contribution is -0.126. The molecule has 0 aromatic carbocycles. The van der Waals surface area contributed by atoms with Gasteiger partial charge in [0, 0.05) is 6.08 Å². The standard InChI is InChI=1S/C8H8O2/c9-6-5-7(10)8(6)3-1-2-4-8/h1-2,5,9H,3-4H2. The predicted octanol–water partition coefficient (Wildman–Crippen LogP) is 1.35. The number of aliphatic hydroxyl groups excluding tert-OH is 1. The minimum Gasteiger partial charge on any atom is -0.511 e. The van der Waals surface area contributed by atoms with Crippen LogP contribution in [0.15, 0.2) is 24.0 Å². The first-order chi connectivity index (χ1) is 4.76. The first-order valence-corrected chi connectivity index (χ1v) is 3.36. The van der Waals surface area contributed by atoms with Crippen LogP contribution >= 0.6 is 0 Å². The Kier molecular flexibility index (Phi) is 0.862. The van der Waals surface area contributed by atoms with Crippen molar-refractivity contribution in [3.05, 3.63) is 24.0 Å². The van der Waals surface area contributed by atoms with Gasteiger partial charge in [-0.3, -0.25) is 4.79 Å². The van der Waals surface area contributed by atoms with E-state index >= 15 is 0 Å². The molecule has 0 saturated carbocycles. The lowest BCUT2D eigenvalue weighted by Crippen LogP contribution is -2.37. The summed E-state index contributed by atoms with van der Waals surface area (Å²) in [6, 6.07) is 0. The van der Waals surface area contributed by atoms with E-state index in [0.717, 1.165) is 0 Å². The molecule has 0 fully saturated rings. The van der Waals surface area contributed by atoms with Gasteiger partial charge in [0.15, 0.2) is 5.78 Å². The molecule has 0 heterocycles. The van der Waals surface area contributed by atoms with Crippen molar-refractivity contribution in [3.8, 4) is 0 Å². The maximum atomic E-state index is 11.0. The van der Waals surface area contributed by atoms with Crippen molar-refractivity contribution >= 4 is 5.78 Å². The maximum absolute atomic E-state index is 11.0. The SMILES string of the molecule is O=C1C=C(O)C12CC=CC2. The Morgan fingerprint density at radius 3 is 2.30 bits per heavy atom. The Balaban J connectivity index is 2.35. The number of allylic oxidation sites excluding steroid dienone is 4. The fraction of sp³-hybridized carbons (Fsp3) is 0.375. The summed E-state index contributed by atoms with van der Waals surface area (Å²) in [7, 11) is 0. The number of aliphatic hydroxyl groups is 1. The molecule has 0 bridgehead atoms. The van der Waals surface area contributed by atoms with Gasteiger partial charge in [-0.15, -0.1) is 0 Å². The Bertz CT molecular complexity index is 240. The molecule has 0 atom stereocenters. The van der Waals surface area contributed by atoms with Gasteiger partial charge in [-0.2, -0.15) is 0 Å². The zero-order valence-electron chi connectivity index (χ0n) is 5.50. The van der Waals surface area contributed by atoms with E-state index < -0.39 is 5.41 Å². The normalized spacial score (nSPS) is 26.8. The molecule has 2 aliphatic rings. The highest BCUT2D eigenvalue weighted by molar-refractivity contribution is 6.04. The number of rotatable bonds is 0. The highest BCUT2D eigenvalue weighted by Crippen LogP contribution is 2.46. The van der Waals surface area contributed by atoms with E-state index in [0.29, 0.717) is 12.8 Å². The van der Waals surface area contributed by atoms with Crippen molar-refractivity contribution in [2.75, 3.05) is 0 Å². The summed E-state index contributed by atoms with van der Waals surface area (Å²) < 4.78 is 0. The summed E-state index contributed by atoms with van der Waals surface area (Å²) in [4.78, 5) is 11.0. The molecule has 10 heavy (non-hydrogen) atoms. The van der Waals surface area contributed by atoms with E-state index in [1.54, 1.807) is 0 Å². The van der Waals surface area contributed by atoms with E-state index in [4.69, 9.17) is 5.11 Å². The topological polar surface area (TPSA) is 37.3 Å². The number of ketones is 1. The predicted molar refractivity (Wildman–Crippen MR) is 36.5 cm³/mol. The number of carbonyl (C=O) groups excluding carboxylic acids is 1. The van der Waals surface area contributed by atoms with Crippen LogP contribution in [0.3, 0.4) is 0 Å². The molecule has 0 radical (unpaired) electrons. The van der Waals surface area contributed by atoms with Crippen LogP contribution in [-0.4, -0.2) is 10.9 Å². The highest BCUT2D eigenvalue weighted by atomic mass is 16.3. The van der Waals surface area contributed by atoms with Gasteiger partial charge in [0.1, 0.15) is 5.76 Å². The molecular weight excluding hydrogens is 128 g/mol. The lowest BCUT2D eigenvalue weighted by Gasteiger charge is -2.32. The Labute approximate surface area is 58.9 Å². The number of carbonyl (C=O) groups is 1. The molecule has 0 aromatic rings. The zero-order valence-corrected chi connectivity index (χ0v) is 5.50. The third-order valence-corrected chi connectivity index (χ3v) is 2.33. The molecule has 0 unspecified atom stereocenters. The van der Waals surface area contributed by atoms with Gasteiger partial charge in [0.25, 0.3) is 0 Å². The molecule has 0 aliphatic heterocycles. The minimum absolute atomic E-state index is 0.0787. The second-order valence-corrected chi connectivity index (χ2v) is 2.86. The van der Waals surface area contributed by atoms with Crippen LogP contribution in [0.1, 0.15) is 12.8 Å². The maximum Gasteiger partial charge on any atom is 0.173 e. The molecule has 2 aliphatic carbocycles. The first kappa shape index (κ1) is 5.71. The third-order valence-electron chi connectivity index (χ3n) is 2.33. The van der Waals surface area contributed by atoms with Gasteiger partial charge in [0.05, 0.1) is 5.41 Å². The Morgan fingerprint density at radius 2 is 2.00 bits per heavy atom. The van der Waals surface area contributed by atoms with Crippen LogP contribution in [-0.2, 0) is 4.79 Å². The number of hydrogen-bond donors (Lipinski definition) is 1. The summed E-state index contributed by atoms with van der Waals surface area (Å²) in [5.41, 5.74) is -0.500. The molecule has 2 rings (SSSR count). The molecule has 2 heteroatoms. The van der Waals surface area contributed by atoms with E-state index in [1.807, 2.05) is 12.2 Å². The zero-order chi connectivity index (χ0) is 7.19. The van der Waals surface area contributed by atoms with Crippen molar-refractivity contribution in [1.29, 1.82) is 0 Å². The van der Waals surface area contributed by atoms with E-state index in [-0.39, 0.29) is 11.5 Å². The number of hydrogen-bond acceptors (Lipinski definition) is 2. The summed E-state index contributed by atoms with van der Waals surface area (Å²) in [6.45, 7) is 0. The van der Waals surface area contributed by atoms with Crippen molar-refractivity contribution in [1.82, 2.24) is 0 Å². The molecule has 52 valence electrons. The summed E-state index contributed by atoms with van der Waals surface area (Å²) in [6.07, 6.45) is 6.58. The van der Waals surface area contributed by atoms with Crippen molar-refractivity contribution in [3.63, 3.8) is 0 Å². The molecule has 0 aromatic heterocycles. The Hall–Kier alpha value is -1.05. The molecule has 0 saturated heterocycles. The van der Waals surface area contributed by atoms with E-state index in [2.05, 4.69) is 0 Å². The average molecular weight is 136 g/mol. The molecule has 1 N–H and O–H groups in total. The van der Waals surface area contributed by atoms with Crippen LogP contribution in [0.5, 0.6) is 0 Å². The van der Waals surface area contributed by atoms with Gasteiger partial charge >= 0.3 is 0 Å².